The van der Waals surface area contributed by atoms with E-state index in [4.69, 9.17) is 4.74 Å². The van der Waals surface area contributed by atoms with Crippen LogP contribution in [0.4, 0.5) is 0 Å². The number of benzene rings is 2. The predicted molar refractivity (Wildman–Crippen MR) is 89.0 cm³/mol. The summed E-state index contributed by atoms with van der Waals surface area (Å²) in [5.74, 6) is 1.84. The molecule has 0 heterocycles. The highest BCUT2D eigenvalue weighted by Crippen LogP contribution is 2.26. The highest BCUT2D eigenvalue weighted by atomic mass is 16.5. The van der Waals surface area contributed by atoms with Crippen molar-refractivity contribution < 1.29 is 4.74 Å². The molecule has 0 spiro atoms. The predicted octanol–water partition coefficient (Wildman–Crippen LogP) is 4.85. The molecule has 0 atom stereocenters. The van der Waals surface area contributed by atoms with Gasteiger partial charge in [-0.25, -0.2) is 0 Å². The smallest absolute Gasteiger partial charge is 0.130 e. The molecule has 0 radical (unpaired) electrons. The number of hydrogen-bond acceptors (Lipinski definition) is 2. The van der Waals surface area contributed by atoms with Gasteiger partial charge in [-0.2, -0.15) is 0 Å². The zero-order valence-corrected chi connectivity index (χ0v) is 13.4. The van der Waals surface area contributed by atoms with Crippen LogP contribution in [-0.2, 0) is 13.0 Å². The molecule has 0 saturated heterocycles. The first-order chi connectivity index (χ1) is 10.1. The van der Waals surface area contributed by atoms with Crippen LogP contribution in [0.2, 0.25) is 0 Å². The Kier molecular flexibility index (Phi) is 5.40. The highest BCUT2D eigenvalue weighted by Gasteiger charge is 2.04. The highest BCUT2D eigenvalue weighted by molar-refractivity contribution is 5.40. The van der Waals surface area contributed by atoms with Gasteiger partial charge in [0.25, 0.3) is 0 Å². The largest absolute Gasteiger partial charge is 0.457 e. The van der Waals surface area contributed by atoms with E-state index < -0.39 is 0 Å². The molecule has 0 unspecified atom stereocenters. The summed E-state index contributed by atoms with van der Waals surface area (Å²) in [6.07, 6.45) is 1.02. The van der Waals surface area contributed by atoms with Crippen LogP contribution in [0.1, 0.15) is 37.5 Å². The van der Waals surface area contributed by atoms with Crippen molar-refractivity contribution in [3.05, 3.63) is 59.2 Å². The van der Waals surface area contributed by atoms with E-state index in [0.717, 1.165) is 24.5 Å². The lowest BCUT2D eigenvalue weighted by atomic mass is 10.1. The maximum absolute atomic E-state index is 6.01. The summed E-state index contributed by atoms with van der Waals surface area (Å²) in [4.78, 5) is 0. The van der Waals surface area contributed by atoms with Crippen LogP contribution in [-0.4, -0.2) is 6.04 Å². The molecule has 0 aliphatic carbocycles. The van der Waals surface area contributed by atoms with Gasteiger partial charge in [-0.1, -0.05) is 45.0 Å². The van der Waals surface area contributed by atoms with Gasteiger partial charge in [0, 0.05) is 12.6 Å². The Hall–Kier alpha value is -1.80. The molecule has 0 aliphatic heterocycles. The van der Waals surface area contributed by atoms with E-state index in [1.54, 1.807) is 0 Å². The van der Waals surface area contributed by atoms with E-state index >= 15 is 0 Å². The average Bonchev–Trinajstić information content (AvgIpc) is 2.48. The van der Waals surface area contributed by atoms with Crippen LogP contribution in [0.5, 0.6) is 11.5 Å². The quantitative estimate of drug-likeness (QED) is 0.818. The Balaban J connectivity index is 2.09. The standard InChI is InChI=1S/C19H25NO/c1-5-16-7-6-8-18(12-16)21-19-10-9-17(11-15(19)4)13-20-14(2)3/h6-12,14,20H,5,13H2,1-4H3. The van der Waals surface area contributed by atoms with Crippen LogP contribution in [0.25, 0.3) is 0 Å². The SMILES string of the molecule is CCc1cccc(Oc2ccc(CNC(C)C)cc2C)c1. The zero-order valence-electron chi connectivity index (χ0n) is 13.4. The number of aryl methyl sites for hydroxylation is 2. The fraction of sp³-hybridized carbons (Fsp3) is 0.368. The fourth-order valence-electron chi connectivity index (χ4n) is 2.21. The monoisotopic (exact) mass is 283 g/mol. The van der Waals surface area contributed by atoms with E-state index in [9.17, 15) is 0 Å². The van der Waals surface area contributed by atoms with Crippen molar-refractivity contribution in [1.82, 2.24) is 5.32 Å². The third-order valence-corrected chi connectivity index (χ3v) is 3.49. The van der Waals surface area contributed by atoms with Crippen molar-refractivity contribution in [3.63, 3.8) is 0 Å². The van der Waals surface area contributed by atoms with Crippen LogP contribution in [0.3, 0.4) is 0 Å². The molecule has 0 fully saturated rings. The number of ether oxygens (including phenoxy) is 1. The van der Waals surface area contributed by atoms with Gasteiger partial charge in [-0.3, -0.25) is 0 Å². The van der Waals surface area contributed by atoms with Gasteiger partial charge in [0.05, 0.1) is 0 Å². The van der Waals surface area contributed by atoms with Crippen molar-refractivity contribution in [1.29, 1.82) is 0 Å². The van der Waals surface area contributed by atoms with E-state index in [1.807, 2.05) is 12.1 Å². The van der Waals surface area contributed by atoms with Gasteiger partial charge < -0.3 is 10.1 Å². The normalized spacial score (nSPS) is 10.9. The average molecular weight is 283 g/mol. The minimum atomic E-state index is 0.498. The zero-order chi connectivity index (χ0) is 15.2. The first-order valence-electron chi connectivity index (χ1n) is 7.68. The fourth-order valence-corrected chi connectivity index (χ4v) is 2.21. The summed E-state index contributed by atoms with van der Waals surface area (Å²) < 4.78 is 6.01. The lowest BCUT2D eigenvalue weighted by Gasteiger charge is -2.12. The Morgan fingerprint density at radius 2 is 1.86 bits per heavy atom. The van der Waals surface area contributed by atoms with Crippen molar-refractivity contribution in [2.45, 2.75) is 46.7 Å². The first kappa shape index (κ1) is 15.6. The van der Waals surface area contributed by atoms with E-state index in [2.05, 4.69) is 63.3 Å². The minimum absolute atomic E-state index is 0.498. The number of rotatable bonds is 6. The van der Waals surface area contributed by atoms with Crippen molar-refractivity contribution in [3.8, 4) is 11.5 Å². The van der Waals surface area contributed by atoms with Crippen molar-refractivity contribution in [2.75, 3.05) is 0 Å². The van der Waals surface area contributed by atoms with Crippen LogP contribution >= 0.6 is 0 Å². The summed E-state index contributed by atoms with van der Waals surface area (Å²) in [5.41, 5.74) is 3.75. The van der Waals surface area contributed by atoms with Crippen molar-refractivity contribution in [2.24, 2.45) is 0 Å². The van der Waals surface area contributed by atoms with Gasteiger partial charge >= 0.3 is 0 Å². The van der Waals surface area contributed by atoms with E-state index in [0.29, 0.717) is 6.04 Å². The van der Waals surface area contributed by atoms with Crippen molar-refractivity contribution >= 4 is 0 Å². The second-order valence-electron chi connectivity index (χ2n) is 5.74. The minimum Gasteiger partial charge on any atom is -0.457 e. The molecule has 0 aliphatic rings. The summed E-state index contributed by atoms with van der Waals surface area (Å²) in [6.45, 7) is 9.46. The third-order valence-electron chi connectivity index (χ3n) is 3.49. The molecule has 1 N–H and O–H groups in total. The van der Waals surface area contributed by atoms with Crippen LogP contribution in [0, 0.1) is 6.92 Å². The molecule has 0 aromatic heterocycles. The molecule has 0 amide bonds. The molecular weight excluding hydrogens is 258 g/mol. The summed E-state index contributed by atoms with van der Waals surface area (Å²) >= 11 is 0. The molecule has 2 aromatic carbocycles. The maximum Gasteiger partial charge on any atom is 0.130 e. The first-order valence-corrected chi connectivity index (χ1v) is 7.68. The topological polar surface area (TPSA) is 21.3 Å². The molecular formula is C19H25NO. The molecule has 21 heavy (non-hydrogen) atoms. The summed E-state index contributed by atoms with van der Waals surface area (Å²) in [6, 6.07) is 15.2. The molecule has 2 aromatic rings. The Morgan fingerprint density at radius 3 is 2.52 bits per heavy atom. The lowest BCUT2D eigenvalue weighted by molar-refractivity contribution is 0.477. The van der Waals surface area contributed by atoms with Gasteiger partial charge in [0.15, 0.2) is 0 Å². The van der Waals surface area contributed by atoms with Gasteiger partial charge in [0.1, 0.15) is 11.5 Å². The van der Waals surface area contributed by atoms with Crippen LogP contribution < -0.4 is 10.1 Å². The summed E-state index contributed by atoms with van der Waals surface area (Å²) in [7, 11) is 0. The molecule has 2 heteroatoms. The van der Waals surface area contributed by atoms with Crippen LogP contribution in [0.15, 0.2) is 42.5 Å². The van der Waals surface area contributed by atoms with E-state index in [1.165, 1.54) is 16.7 Å². The summed E-state index contributed by atoms with van der Waals surface area (Å²) in [5, 5.41) is 3.43. The third kappa shape index (κ3) is 4.61. The maximum atomic E-state index is 6.01. The second-order valence-corrected chi connectivity index (χ2v) is 5.74. The van der Waals surface area contributed by atoms with Gasteiger partial charge in [-0.15, -0.1) is 0 Å². The Bertz CT molecular complexity index is 590. The molecule has 2 rings (SSSR count). The Morgan fingerprint density at radius 1 is 1.05 bits per heavy atom. The van der Waals surface area contributed by atoms with E-state index in [-0.39, 0.29) is 0 Å². The molecule has 0 bridgehead atoms. The van der Waals surface area contributed by atoms with Gasteiger partial charge in [-0.05, 0) is 48.2 Å². The molecule has 112 valence electrons. The molecule has 0 saturated carbocycles. The second kappa shape index (κ2) is 7.28. The number of nitrogens with one attached hydrogen (secondary N) is 1. The molecule has 2 nitrogen and oxygen atoms in total. The lowest BCUT2D eigenvalue weighted by Crippen LogP contribution is -2.21. The number of hydrogen-bond donors (Lipinski definition) is 1. The Labute approximate surface area is 128 Å². The van der Waals surface area contributed by atoms with Gasteiger partial charge in [0.2, 0.25) is 0 Å².